The number of hydrogen-bond acceptors (Lipinski definition) is 6. The summed E-state index contributed by atoms with van der Waals surface area (Å²) in [5.74, 6) is 0.0567. The van der Waals surface area contributed by atoms with Crippen LogP contribution in [0.15, 0.2) is 83.4 Å². The van der Waals surface area contributed by atoms with Gasteiger partial charge in [-0.15, -0.1) is 6.58 Å². The topological polar surface area (TPSA) is 94.2 Å². The van der Waals surface area contributed by atoms with Crippen LogP contribution in [0.5, 0.6) is 17.2 Å². The lowest BCUT2D eigenvalue weighted by Crippen LogP contribution is -2.54. The lowest BCUT2D eigenvalue weighted by atomic mass is 10.0. The number of ether oxygens (including phenoxy) is 3. The van der Waals surface area contributed by atoms with Crippen LogP contribution in [-0.2, 0) is 22.6 Å². The molecule has 39 heavy (non-hydrogen) atoms. The van der Waals surface area contributed by atoms with Crippen LogP contribution in [0.3, 0.4) is 0 Å². The molecule has 4 rings (SSSR count). The van der Waals surface area contributed by atoms with Gasteiger partial charge in [0.1, 0.15) is 17.9 Å². The van der Waals surface area contributed by atoms with Gasteiger partial charge in [-0.25, -0.2) is 9.69 Å². The second kappa shape index (κ2) is 12.4. The zero-order valence-corrected chi connectivity index (χ0v) is 23.1. The smallest absolute Gasteiger partial charge is 0.335 e. The highest BCUT2D eigenvalue weighted by molar-refractivity contribution is 9.10. The van der Waals surface area contributed by atoms with Gasteiger partial charge < -0.3 is 14.2 Å². The van der Waals surface area contributed by atoms with E-state index in [0.29, 0.717) is 48.1 Å². The Labute approximate surface area is 235 Å². The number of rotatable bonds is 10. The highest BCUT2D eigenvalue weighted by Gasteiger charge is 2.37. The van der Waals surface area contributed by atoms with Crippen molar-refractivity contribution in [3.63, 3.8) is 0 Å². The number of benzene rings is 3. The molecule has 0 aromatic heterocycles. The van der Waals surface area contributed by atoms with Crippen LogP contribution < -0.4 is 24.4 Å². The van der Waals surface area contributed by atoms with Crippen molar-refractivity contribution in [2.24, 2.45) is 0 Å². The summed E-state index contributed by atoms with van der Waals surface area (Å²) >= 11 is 3.43. The zero-order valence-electron chi connectivity index (χ0n) is 21.5. The molecule has 0 bridgehead atoms. The Bertz CT molecular complexity index is 1430. The largest absolute Gasteiger partial charge is 0.497 e. The third-order valence-corrected chi connectivity index (χ3v) is 6.39. The summed E-state index contributed by atoms with van der Waals surface area (Å²) in [4.78, 5) is 39.5. The number of urea groups is 1. The molecule has 1 fully saturated rings. The summed E-state index contributed by atoms with van der Waals surface area (Å²) in [5, 5.41) is 2.24. The number of amides is 4. The summed E-state index contributed by atoms with van der Waals surface area (Å²) in [6, 6.07) is 16.9. The maximum Gasteiger partial charge on any atom is 0.335 e. The number of anilines is 1. The molecular formula is C30H27BrN2O6. The first-order valence-corrected chi connectivity index (χ1v) is 13.0. The molecular weight excluding hydrogens is 564 g/mol. The quantitative estimate of drug-likeness (QED) is 0.181. The molecule has 1 heterocycles. The molecule has 0 aliphatic carbocycles. The number of halogens is 1. The first-order chi connectivity index (χ1) is 18.8. The highest BCUT2D eigenvalue weighted by atomic mass is 79.9. The van der Waals surface area contributed by atoms with Gasteiger partial charge in [-0.05, 0) is 79.1 Å². The average Bonchev–Trinajstić information content (AvgIpc) is 2.92. The SMILES string of the molecule is C=CCc1cc(/C=C2\C(=O)NC(=O)N(c3ccc(OC)cc3)C2=O)cc(OCC)c1OCc1ccc(Br)cc1. The van der Waals surface area contributed by atoms with E-state index in [9.17, 15) is 14.4 Å². The van der Waals surface area contributed by atoms with Crippen LogP contribution in [-0.4, -0.2) is 31.6 Å². The van der Waals surface area contributed by atoms with E-state index in [0.717, 1.165) is 20.5 Å². The fraction of sp³-hybridized carbons (Fsp3) is 0.167. The van der Waals surface area contributed by atoms with Gasteiger partial charge >= 0.3 is 6.03 Å². The summed E-state index contributed by atoms with van der Waals surface area (Å²) in [7, 11) is 1.52. The Morgan fingerprint density at radius 2 is 1.72 bits per heavy atom. The van der Waals surface area contributed by atoms with E-state index in [2.05, 4.69) is 27.8 Å². The number of imide groups is 2. The van der Waals surface area contributed by atoms with Crippen molar-refractivity contribution >= 4 is 45.5 Å². The van der Waals surface area contributed by atoms with Crippen molar-refractivity contribution in [2.75, 3.05) is 18.6 Å². The molecule has 1 aliphatic rings. The van der Waals surface area contributed by atoms with Crippen molar-refractivity contribution in [1.82, 2.24) is 5.32 Å². The molecule has 0 saturated carbocycles. The van der Waals surface area contributed by atoms with E-state index in [-0.39, 0.29) is 5.57 Å². The molecule has 4 amide bonds. The number of carbonyl (C=O) groups excluding carboxylic acids is 3. The van der Waals surface area contributed by atoms with Crippen molar-refractivity contribution in [1.29, 1.82) is 0 Å². The van der Waals surface area contributed by atoms with Gasteiger partial charge in [0.05, 0.1) is 19.4 Å². The van der Waals surface area contributed by atoms with Crippen LogP contribution >= 0.6 is 15.9 Å². The first kappa shape index (κ1) is 27.7. The van der Waals surface area contributed by atoms with E-state index in [1.807, 2.05) is 37.3 Å². The molecule has 3 aromatic rings. The van der Waals surface area contributed by atoms with E-state index < -0.39 is 17.8 Å². The Kier molecular flexibility index (Phi) is 8.83. The molecule has 1 aliphatic heterocycles. The number of nitrogens with one attached hydrogen (secondary N) is 1. The van der Waals surface area contributed by atoms with Crippen LogP contribution in [0, 0.1) is 0 Å². The standard InChI is InChI=1S/C30H27BrN2O6/c1-4-6-21-15-20(17-26(38-5-2)27(21)39-18-19-7-9-22(31)10-8-19)16-25-28(34)32-30(36)33(29(25)35)23-11-13-24(37-3)14-12-23/h4,7-17H,1,5-6,18H2,2-3H3,(H,32,34,36)/b25-16+. The summed E-state index contributed by atoms with van der Waals surface area (Å²) < 4.78 is 18.2. The van der Waals surface area contributed by atoms with E-state index in [1.54, 1.807) is 36.4 Å². The number of nitrogens with zero attached hydrogens (tertiary/aromatic N) is 1. The highest BCUT2D eigenvalue weighted by Crippen LogP contribution is 2.36. The van der Waals surface area contributed by atoms with Crippen molar-refractivity contribution < 1.29 is 28.6 Å². The Morgan fingerprint density at radius 3 is 2.36 bits per heavy atom. The predicted octanol–water partition coefficient (Wildman–Crippen LogP) is 5.83. The lowest BCUT2D eigenvalue weighted by Gasteiger charge is -2.26. The van der Waals surface area contributed by atoms with Crippen LogP contribution in [0.4, 0.5) is 10.5 Å². The Balaban J connectivity index is 1.70. The zero-order chi connectivity index (χ0) is 27.9. The van der Waals surface area contributed by atoms with Gasteiger partial charge in [-0.3, -0.25) is 14.9 Å². The average molecular weight is 591 g/mol. The second-order valence-electron chi connectivity index (χ2n) is 8.50. The van der Waals surface area contributed by atoms with Gasteiger partial charge in [0, 0.05) is 10.0 Å². The minimum atomic E-state index is -0.827. The summed E-state index contributed by atoms with van der Waals surface area (Å²) in [6.07, 6.45) is 3.63. The molecule has 1 N–H and O–H groups in total. The third kappa shape index (κ3) is 6.38. The third-order valence-electron chi connectivity index (χ3n) is 5.86. The maximum atomic E-state index is 13.3. The molecule has 200 valence electrons. The molecule has 9 heteroatoms. The van der Waals surface area contributed by atoms with E-state index in [4.69, 9.17) is 14.2 Å². The maximum absolute atomic E-state index is 13.3. The molecule has 0 spiro atoms. The number of carbonyl (C=O) groups is 3. The van der Waals surface area contributed by atoms with Gasteiger partial charge in [-0.2, -0.15) is 0 Å². The number of hydrogen-bond donors (Lipinski definition) is 1. The van der Waals surface area contributed by atoms with Gasteiger partial charge in [0.25, 0.3) is 11.8 Å². The van der Waals surface area contributed by atoms with Crippen LogP contribution in [0.2, 0.25) is 0 Å². The van der Waals surface area contributed by atoms with Crippen molar-refractivity contribution in [2.45, 2.75) is 20.0 Å². The van der Waals surface area contributed by atoms with Crippen molar-refractivity contribution in [3.8, 4) is 17.2 Å². The predicted molar refractivity (Wildman–Crippen MR) is 152 cm³/mol. The normalized spacial score (nSPS) is 14.3. The number of methoxy groups -OCH3 is 1. The lowest BCUT2D eigenvalue weighted by molar-refractivity contribution is -0.122. The Hall–Kier alpha value is -4.37. The van der Waals surface area contributed by atoms with Crippen molar-refractivity contribution in [3.05, 3.63) is 100 Å². The van der Waals surface area contributed by atoms with Gasteiger partial charge in [0.15, 0.2) is 11.5 Å². The summed E-state index contributed by atoms with van der Waals surface area (Å²) in [6.45, 7) is 6.39. The van der Waals surface area contributed by atoms with Crippen LogP contribution in [0.25, 0.3) is 6.08 Å². The van der Waals surface area contributed by atoms with E-state index >= 15 is 0 Å². The fourth-order valence-corrected chi connectivity index (χ4v) is 4.29. The minimum Gasteiger partial charge on any atom is -0.497 e. The summed E-state index contributed by atoms with van der Waals surface area (Å²) in [5.41, 5.74) is 2.39. The molecule has 1 saturated heterocycles. The minimum absolute atomic E-state index is 0.194. The van der Waals surface area contributed by atoms with Gasteiger partial charge in [-0.1, -0.05) is 34.1 Å². The Morgan fingerprint density at radius 1 is 1.00 bits per heavy atom. The van der Waals surface area contributed by atoms with Crippen LogP contribution in [0.1, 0.15) is 23.6 Å². The molecule has 0 radical (unpaired) electrons. The molecule has 0 atom stereocenters. The monoisotopic (exact) mass is 590 g/mol. The number of barbiturate groups is 1. The molecule has 3 aromatic carbocycles. The second-order valence-corrected chi connectivity index (χ2v) is 9.42. The molecule has 8 nitrogen and oxygen atoms in total. The fourth-order valence-electron chi connectivity index (χ4n) is 4.03. The van der Waals surface area contributed by atoms with E-state index in [1.165, 1.54) is 13.2 Å². The number of allylic oxidation sites excluding steroid dienone is 1. The van der Waals surface area contributed by atoms with Gasteiger partial charge in [0.2, 0.25) is 0 Å². The first-order valence-electron chi connectivity index (χ1n) is 12.2. The molecule has 0 unspecified atom stereocenters.